The van der Waals surface area contributed by atoms with E-state index in [1.165, 1.54) is 11.1 Å². The number of benzene rings is 3. The van der Waals surface area contributed by atoms with Gasteiger partial charge in [0, 0.05) is 48.4 Å². The summed E-state index contributed by atoms with van der Waals surface area (Å²) in [6, 6.07) is 25.0. The maximum absolute atomic E-state index is 13.5. The summed E-state index contributed by atoms with van der Waals surface area (Å²) in [4.78, 5) is 20.6. The Morgan fingerprint density at radius 3 is 2.49 bits per heavy atom. The van der Waals surface area contributed by atoms with Gasteiger partial charge in [-0.1, -0.05) is 29.8 Å². The van der Waals surface area contributed by atoms with Crippen molar-refractivity contribution in [1.82, 2.24) is 19.0 Å². The van der Waals surface area contributed by atoms with Gasteiger partial charge in [0.2, 0.25) is 0 Å². The maximum atomic E-state index is 13.5. The summed E-state index contributed by atoms with van der Waals surface area (Å²) in [7, 11) is 0. The first-order chi connectivity index (χ1) is 19.0. The molecular formula is C33H34N4O2. The number of piperidine rings is 1. The topological polar surface area (TPSA) is 63.3 Å². The molecule has 0 bridgehead atoms. The van der Waals surface area contributed by atoms with E-state index >= 15 is 0 Å². The number of fused-ring (bicyclic) bond motifs is 2. The van der Waals surface area contributed by atoms with E-state index in [1.807, 2.05) is 23.1 Å². The normalized spacial score (nSPS) is 20.0. The number of carbonyl (C=O) groups is 1. The van der Waals surface area contributed by atoms with Crippen molar-refractivity contribution in [2.24, 2.45) is 5.92 Å². The van der Waals surface area contributed by atoms with E-state index in [1.54, 1.807) is 0 Å². The Labute approximate surface area is 228 Å². The minimum atomic E-state index is -0.150. The number of aliphatic hydroxyl groups is 1. The number of rotatable bonds is 5. The Kier molecular flexibility index (Phi) is 6.00. The van der Waals surface area contributed by atoms with Gasteiger partial charge in [-0.05, 0) is 87.1 Å². The molecule has 7 rings (SSSR count). The fourth-order valence-electron chi connectivity index (χ4n) is 6.43. The molecule has 6 nitrogen and oxygen atoms in total. The SMILES string of the molecule is Cc1ccc(-n2ccc3cc(C(=O)N4CCC(c5nc6ccccc6n5CC5CC(O)C5)CC4)ccc32)cc1. The average molecular weight is 519 g/mol. The Morgan fingerprint density at radius 2 is 1.72 bits per heavy atom. The second-order valence-corrected chi connectivity index (χ2v) is 11.4. The molecule has 1 saturated carbocycles. The maximum Gasteiger partial charge on any atom is 0.253 e. The van der Waals surface area contributed by atoms with Gasteiger partial charge >= 0.3 is 0 Å². The minimum absolute atomic E-state index is 0.107. The average Bonchev–Trinajstić information content (AvgIpc) is 3.54. The van der Waals surface area contributed by atoms with Crippen molar-refractivity contribution in [1.29, 1.82) is 0 Å². The highest BCUT2D eigenvalue weighted by Crippen LogP contribution is 2.35. The van der Waals surface area contributed by atoms with Crippen LogP contribution in [0.2, 0.25) is 0 Å². The van der Waals surface area contributed by atoms with Crippen LogP contribution in [-0.4, -0.2) is 49.2 Å². The fourth-order valence-corrected chi connectivity index (χ4v) is 6.43. The first kappa shape index (κ1) is 24.2. The third kappa shape index (κ3) is 4.43. The lowest BCUT2D eigenvalue weighted by atomic mass is 9.82. The number of carbonyl (C=O) groups excluding carboxylic acids is 1. The molecule has 1 aliphatic carbocycles. The molecule has 0 radical (unpaired) electrons. The van der Waals surface area contributed by atoms with Crippen LogP contribution in [-0.2, 0) is 6.54 Å². The first-order valence-corrected chi connectivity index (χ1v) is 14.1. The summed E-state index contributed by atoms with van der Waals surface area (Å²) >= 11 is 0. The zero-order chi connectivity index (χ0) is 26.5. The quantitative estimate of drug-likeness (QED) is 0.307. The molecule has 2 aliphatic rings. The van der Waals surface area contributed by atoms with E-state index in [-0.39, 0.29) is 12.0 Å². The zero-order valence-electron chi connectivity index (χ0n) is 22.3. The number of likely N-dealkylation sites (tertiary alicyclic amines) is 1. The molecule has 0 spiro atoms. The van der Waals surface area contributed by atoms with Crippen LogP contribution < -0.4 is 0 Å². The van der Waals surface area contributed by atoms with E-state index in [9.17, 15) is 9.90 Å². The lowest BCUT2D eigenvalue weighted by Crippen LogP contribution is -2.38. The number of aromatic nitrogens is 3. The summed E-state index contributed by atoms with van der Waals surface area (Å²) < 4.78 is 4.56. The van der Waals surface area contributed by atoms with Gasteiger partial charge in [-0.15, -0.1) is 0 Å². The molecule has 1 aliphatic heterocycles. The predicted octanol–water partition coefficient (Wildman–Crippen LogP) is 6.08. The molecule has 0 unspecified atom stereocenters. The number of para-hydroxylation sites is 2. The Hall–Kier alpha value is -3.90. The number of hydrogen-bond donors (Lipinski definition) is 1. The Morgan fingerprint density at radius 1 is 0.949 bits per heavy atom. The van der Waals surface area contributed by atoms with Crippen LogP contribution in [0.15, 0.2) is 79.0 Å². The van der Waals surface area contributed by atoms with E-state index in [2.05, 4.69) is 76.9 Å². The van der Waals surface area contributed by atoms with Crippen LogP contribution >= 0.6 is 0 Å². The first-order valence-electron chi connectivity index (χ1n) is 14.1. The van der Waals surface area contributed by atoms with E-state index < -0.39 is 0 Å². The third-order valence-electron chi connectivity index (χ3n) is 8.73. The highest BCUT2D eigenvalue weighted by atomic mass is 16.3. The van der Waals surface area contributed by atoms with Crippen molar-refractivity contribution in [2.45, 2.75) is 51.2 Å². The van der Waals surface area contributed by atoms with Crippen molar-refractivity contribution in [3.05, 3.63) is 95.9 Å². The van der Waals surface area contributed by atoms with E-state index in [4.69, 9.17) is 4.98 Å². The minimum Gasteiger partial charge on any atom is -0.393 e. The molecule has 198 valence electrons. The molecule has 39 heavy (non-hydrogen) atoms. The fraction of sp³-hybridized carbons (Fsp3) is 0.333. The number of imidazole rings is 1. The molecule has 1 N–H and O–H groups in total. The van der Waals surface area contributed by atoms with Crippen molar-refractivity contribution >= 4 is 27.8 Å². The predicted molar refractivity (Wildman–Crippen MR) is 154 cm³/mol. The van der Waals surface area contributed by atoms with Crippen LogP contribution in [0, 0.1) is 12.8 Å². The van der Waals surface area contributed by atoms with Gasteiger partial charge in [0.25, 0.3) is 5.91 Å². The second-order valence-electron chi connectivity index (χ2n) is 11.4. The van der Waals surface area contributed by atoms with Gasteiger partial charge < -0.3 is 19.1 Å². The molecule has 5 aromatic rings. The summed E-state index contributed by atoms with van der Waals surface area (Å²) in [6.07, 6.45) is 5.49. The van der Waals surface area contributed by atoms with Gasteiger partial charge in [0.15, 0.2) is 0 Å². The number of aryl methyl sites for hydroxylation is 1. The molecule has 0 atom stereocenters. The van der Waals surface area contributed by atoms with Crippen molar-refractivity contribution in [3.8, 4) is 5.69 Å². The van der Waals surface area contributed by atoms with Gasteiger partial charge in [-0.2, -0.15) is 0 Å². The summed E-state index contributed by atoms with van der Waals surface area (Å²) in [5, 5.41) is 10.9. The van der Waals surface area contributed by atoms with Gasteiger partial charge in [-0.3, -0.25) is 4.79 Å². The van der Waals surface area contributed by atoms with E-state index in [0.717, 1.165) is 78.8 Å². The van der Waals surface area contributed by atoms with E-state index in [0.29, 0.717) is 11.8 Å². The number of nitrogens with zero attached hydrogens (tertiary/aromatic N) is 4. The smallest absolute Gasteiger partial charge is 0.253 e. The van der Waals surface area contributed by atoms with Gasteiger partial charge in [0.1, 0.15) is 5.82 Å². The summed E-state index contributed by atoms with van der Waals surface area (Å²) in [5.41, 5.74) is 6.43. The van der Waals surface area contributed by atoms with Crippen LogP contribution in [0.25, 0.3) is 27.6 Å². The van der Waals surface area contributed by atoms with Crippen molar-refractivity contribution in [2.75, 3.05) is 13.1 Å². The van der Waals surface area contributed by atoms with Gasteiger partial charge in [0.05, 0.1) is 22.7 Å². The second kappa shape index (κ2) is 9.69. The van der Waals surface area contributed by atoms with Crippen LogP contribution in [0.1, 0.15) is 53.3 Å². The van der Waals surface area contributed by atoms with Crippen LogP contribution in [0.4, 0.5) is 0 Å². The molecule has 1 saturated heterocycles. The monoisotopic (exact) mass is 518 g/mol. The Bertz CT molecular complexity index is 1650. The number of amides is 1. The highest BCUT2D eigenvalue weighted by Gasteiger charge is 2.32. The molecular weight excluding hydrogens is 484 g/mol. The standard InChI is InChI=1S/C33H34N4O2/c1-22-6-9-27(10-7-22)36-17-14-25-20-26(8-11-30(25)36)33(39)35-15-12-24(13-16-35)32-34-29-4-2-3-5-31(29)37(32)21-23-18-28(38)19-23/h2-11,14,17,20,23-24,28,38H,12-13,15-16,18-19,21H2,1H3. The van der Waals surface area contributed by atoms with Crippen LogP contribution in [0.5, 0.6) is 0 Å². The van der Waals surface area contributed by atoms with Crippen molar-refractivity contribution < 1.29 is 9.90 Å². The third-order valence-corrected chi connectivity index (χ3v) is 8.73. The van der Waals surface area contributed by atoms with Crippen molar-refractivity contribution in [3.63, 3.8) is 0 Å². The molecule has 2 fully saturated rings. The number of aliphatic hydroxyl groups excluding tert-OH is 1. The molecule has 3 heterocycles. The summed E-state index contributed by atoms with van der Waals surface area (Å²) in [5.74, 6) is 2.09. The Balaban J connectivity index is 1.07. The van der Waals surface area contributed by atoms with Crippen LogP contribution in [0.3, 0.4) is 0 Å². The zero-order valence-corrected chi connectivity index (χ0v) is 22.3. The largest absolute Gasteiger partial charge is 0.393 e. The highest BCUT2D eigenvalue weighted by molar-refractivity contribution is 5.98. The molecule has 2 aromatic heterocycles. The lowest BCUT2D eigenvalue weighted by molar-refractivity contribution is 0.0351. The molecule has 3 aromatic carbocycles. The number of hydrogen-bond acceptors (Lipinski definition) is 3. The molecule has 6 heteroatoms. The summed E-state index contributed by atoms with van der Waals surface area (Å²) in [6.45, 7) is 4.47. The van der Waals surface area contributed by atoms with Gasteiger partial charge in [-0.25, -0.2) is 4.98 Å². The lowest BCUT2D eigenvalue weighted by Gasteiger charge is -2.34. The molecule has 1 amide bonds.